The first-order chi connectivity index (χ1) is 10.1. The van der Waals surface area contributed by atoms with Crippen molar-refractivity contribution in [2.24, 2.45) is 5.73 Å². The van der Waals surface area contributed by atoms with Gasteiger partial charge in [-0.15, -0.1) is 0 Å². The van der Waals surface area contributed by atoms with Crippen LogP contribution >= 0.6 is 15.9 Å². The summed E-state index contributed by atoms with van der Waals surface area (Å²) in [7, 11) is 0. The van der Waals surface area contributed by atoms with Crippen molar-refractivity contribution >= 4 is 33.0 Å². The fraction of sp³-hybridized carbons (Fsp3) is 0.143. The van der Waals surface area contributed by atoms with Crippen LogP contribution in [0.4, 0.5) is 17.1 Å². The highest BCUT2D eigenvalue weighted by Crippen LogP contribution is 2.31. The summed E-state index contributed by atoms with van der Waals surface area (Å²) in [5, 5.41) is 14.0. The summed E-state index contributed by atoms with van der Waals surface area (Å²) >= 11 is 3.30. The van der Waals surface area contributed by atoms with Crippen LogP contribution in [-0.2, 0) is 0 Å². The van der Waals surface area contributed by atoms with Crippen LogP contribution < -0.4 is 15.8 Å². The number of nitro groups is 1. The van der Waals surface area contributed by atoms with E-state index in [-0.39, 0.29) is 5.69 Å². The van der Waals surface area contributed by atoms with E-state index < -0.39 is 4.92 Å². The Bertz CT molecular complexity index is 632. The van der Waals surface area contributed by atoms with Gasteiger partial charge >= 0.3 is 0 Å². The molecule has 0 radical (unpaired) electrons. The van der Waals surface area contributed by atoms with Gasteiger partial charge in [-0.3, -0.25) is 10.1 Å². The molecule has 0 saturated heterocycles. The van der Waals surface area contributed by atoms with E-state index in [1.165, 1.54) is 6.07 Å². The standard InChI is InChI=1S/C14H14BrN3O3/c15-10-1-6-14(18(19)20)13(9-10)17-11-2-4-12(5-3-11)21-8-7-16/h1-6,9,17H,7-8,16H2. The minimum Gasteiger partial charge on any atom is -0.492 e. The minimum atomic E-state index is -0.423. The van der Waals surface area contributed by atoms with Crippen molar-refractivity contribution in [1.82, 2.24) is 0 Å². The van der Waals surface area contributed by atoms with E-state index in [1.54, 1.807) is 36.4 Å². The van der Waals surface area contributed by atoms with Crippen LogP contribution in [0, 0.1) is 10.1 Å². The van der Waals surface area contributed by atoms with Crippen LogP contribution in [0.2, 0.25) is 0 Å². The highest BCUT2D eigenvalue weighted by Gasteiger charge is 2.13. The third-order valence-electron chi connectivity index (χ3n) is 2.68. The molecule has 2 aromatic carbocycles. The van der Waals surface area contributed by atoms with E-state index in [0.29, 0.717) is 24.6 Å². The van der Waals surface area contributed by atoms with Crippen LogP contribution in [0.1, 0.15) is 0 Å². The first-order valence-corrected chi connectivity index (χ1v) is 7.03. The van der Waals surface area contributed by atoms with Crippen molar-refractivity contribution in [3.63, 3.8) is 0 Å². The lowest BCUT2D eigenvalue weighted by atomic mass is 10.2. The Labute approximate surface area is 130 Å². The van der Waals surface area contributed by atoms with Gasteiger partial charge in [0.25, 0.3) is 5.69 Å². The average Bonchev–Trinajstić information content (AvgIpc) is 2.46. The zero-order valence-electron chi connectivity index (χ0n) is 11.1. The molecule has 0 bridgehead atoms. The first-order valence-electron chi connectivity index (χ1n) is 6.24. The second kappa shape index (κ2) is 7.05. The number of benzene rings is 2. The SMILES string of the molecule is NCCOc1ccc(Nc2cc(Br)ccc2[N+](=O)[O-])cc1. The molecule has 0 spiro atoms. The molecule has 0 fully saturated rings. The minimum absolute atomic E-state index is 0.0154. The molecule has 0 saturated carbocycles. The molecule has 0 atom stereocenters. The van der Waals surface area contributed by atoms with E-state index in [0.717, 1.165) is 10.2 Å². The summed E-state index contributed by atoms with van der Waals surface area (Å²) in [6, 6.07) is 11.9. The molecule has 110 valence electrons. The molecule has 0 unspecified atom stereocenters. The first kappa shape index (κ1) is 15.3. The van der Waals surface area contributed by atoms with Gasteiger partial charge in [-0.2, -0.15) is 0 Å². The lowest BCUT2D eigenvalue weighted by Gasteiger charge is -2.09. The monoisotopic (exact) mass is 351 g/mol. The Balaban J connectivity index is 2.18. The van der Waals surface area contributed by atoms with E-state index in [2.05, 4.69) is 21.2 Å². The summed E-state index contributed by atoms with van der Waals surface area (Å²) < 4.78 is 6.14. The Morgan fingerprint density at radius 3 is 2.57 bits per heavy atom. The molecule has 7 heteroatoms. The topological polar surface area (TPSA) is 90.4 Å². The van der Waals surface area contributed by atoms with Gasteiger partial charge in [0.05, 0.1) is 4.92 Å². The quantitative estimate of drug-likeness (QED) is 0.614. The van der Waals surface area contributed by atoms with Gasteiger partial charge in [-0.25, -0.2) is 0 Å². The molecule has 2 aromatic rings. The molecule has 2 rings (SSSR count). The number of nitrogens with zero attached hydrogens (tertiary/aromatic N) is 1. The predicted molar refractivity (Wildman–Crippen MR) is 85.1 cm³/mol. The van der Waals surface area contributed by atoms with Crippen molar-refractivity contribution < 1.29 is 9.66 Å². The molecule has 6 nitrogen and oxygen atoms in total. The van der Waals surface area contributed by atoms with Crippen molar-refractivity contribution in [3.8, 4) is 5.75 Å². The number of nitrogens with two attached hydrogens (primary N) is 1. The van der Waals surface area contributed by atoms with Gasteiger partial charge in [0.2, 0.25) is 0 Å². The predicted octanol–water partition coefficient (Wildman–Crippen LogP) is 3.44. The van der Waals surface area contributed by atoms with Crippen molar-refractivity contribution in [1.29, 1.82) is 0 Å². The normalized spacial score (nSPS) is 10.2. The van der Waals surface area contributed by atoms with E-state index in [4.69, 9.17) is 10.5 Å². The van der Waals surface area contributed by atoms with Crippen LogP contribution in [0.15, 0.2) is 46.9 Å². The molecule has 21 heavy (non-hydrogen) atoms. The Hall–Kier alpha value is -2.12. The maximum Gasteiger partial charge on any atom is 0.292 e. The molecule has 3 N–H and O–H groups in total. The molecule has 0 aliphatic rings. The maximum absolute atomic E-state index is 11.0. The van der Waals surface area contributed by atoms with Crippen molar-refractivity contribution in [2.75, 3.05) is 18.5 Å². The van der Waals surface area contributed by atoms with Gasteiger partial charge in [0.15, 0.2) is 0 Å². The van der Waals surface area contributed by atoms with Crippen molar-refractivity contribution in [3.05, 3.63) is 57.1 Å². The number of nitrogens with one attached hydrogen (secondary N) is 1. The Morgan fingerprint density at radius 2 is 1.95 bits per heavy atom. The van der Waals surface area contributed by atoms with E-state index in [1.807, 2.05) is 0 Å². The maximum atomic E-state index is 11.0. The summed E-state index contributed by atoms with van der Waals surface area (Å²) in [4.78, 5) is 10.6. The Morgan fingerprint density at radius 1 is 1.24 bits per heavy atom. The zero-order valence-corrected chi connectivity index (χ0v) is 12.7. The second-order valence-corrected chi connectivity index (χ2v) is 5.12. The molecule has 0 heterocycles. The molecule has 0 amide bonds. The van der Waals surface area contributed by atoms with E-state index >= 15 is 0 Å². The largest absolute Gasteiger partial charge is 0.492 e. The highest BCUT2D eigenvalue weighted by molar-refractivity contribution is 9.10. The van der Waals surface area contributed by atoms with Crippen LogP contribution in [0.25, 0.3) is 0 Å². The number of rotatable bonds is 6. The molecule has 0 aromatic heterocycles. The van der Waals surface area contributed by atoms with Crippen LogP contribution in [-0.4, -0.2) is 18.1 Å². The average molecular weight is 352 g/mol. The third-order valence-corrected chi connectivity index (χ3v) is 3.17. The van der Waals surface area contributed by atoms with Gasteiger partial charge in [0.1, 0.15) is 18.0 Å². The van der Waals surface area contributed by atoms with Gasteiger partial charge in [0, 0.05) is 22.8 Å². The number of nitro benzene ring substituents is 1. The summed E-state index contributed by atoms with van der Waals surface area (Å²) in [6.07, 6.45) is 0. The number of hydrogen-bond donors (Lipinski definition) is 2. The van der Waals surface area contributed by atoms with Gasteiger partial charge < -0.3 is 15.8 Å². The van der Waals surface area contributed by atoms with E-state index in [9.17, 15) is 10.1 Å². The summed E-state index contributed by atoms with van der Waals surface area (Å²) in [5.74, 6) is 0.703. The number of anilines is 2. The summed E-state index contributed by atoms with van der Waals surface area (Å²) in [6.45, 7) is 0.897. The molecular formula is C14H14BrN3O3. The fourth-order valence-electron chi connectivity index (χ4n) is 1.73. The van der Waals surface area contributed by atoms with Crippen LogP contribution in [0.5, 0.6) is 5.75 Å². The molecule has 0 aliphatic carbocycles. The molecule has 0 aliphatic heterocycles. The zero-order chi connectivity index (χ0) is 15.2. The number of halogens is 1. The second-order valence-electron chi connectivity index (χ2n) is 4.21. The van der Waals surface area contributed by atoms with Crippen molar-refractivity contribution in [2.45, 2.75) is 0 Å². The lowest BCUT2D eigenvalue weighted by Crippen LogP contribution is -2.10. The number of hydrogen-bond acceptors (Lipinski definition) is 5. The Kier molecular flexibility index (Phi) is 5.13. The lowest BCUT2D eigenvalue weighted by molar-refractivity contribution is -0.383. The van der Waals surface area contributed by atoms with Crippen LogP contribution in [0.3, 0.4) is 0 Å². The van der Waals surface area contributed by atoms with Gasteiger partial charge in [-0.05, 0) is 36.4 Å². The molecular weight excluding hydrogens is 338 g/mol. The summed E-state index contributed by atoms with van der Waals surface area (Å²) in [5.41, 5.74) is 6.53. The third kappa shape index (κ3) is 4.17. The highest BCUT2D eigenvalue weighted by atomic mass is 79.9. The fourth-order valence-corrected chi connectivity index (χ4v) is 2.10. The number of ether oxygens (including phenoxy) is 1. The van der Waals surface area contributed by atoms with Gasteiger partial charge in [-0.1, -0.05) is 15.9 Å². The smallest absolute Gasteiger partial charge is 0.292 e.